The highest BCUT2D eigenvalue weighted by molar-refractivity contribution is 7.90. The van der Waals surface area contributed by atoms with Gasteiger partial charge in [0.25, 0.3) is 0 Å². The zero-order chi connectivity index (χ0) is 12.8. The lowest BCUT2D eigenvalue weighted by Gasteiger charge is -2.26. The molecule has 0 aliphatic carbocycles. The fourth-order valence-electron chi connectivity index (χ4n) is 1.94. The van der Waals surface area contributed by atoms with Gasteiger partial charge in [-0.15, -0.1) is 0 Å². The summed E-state index contributed by atoms with van der Waals surface area (Å²) in [7, 11) is -3.26. The molecule has 0 fully saturated rings. The molecule has 0 saturated heterocycles. The summed E-state index contributed by atoms with van der Waals surface area (Å²) in [6, 6.07) is 5.57. The lowest BCUT2D eigenvalue weighted by Crippen LogP contribution is -2.40. The van der Waals surface area contributed by atoms with E-state index in [0.29, 0.717) is 18.8 Å². The van der Waals surface area contributed by atoms with Crippen LogP contribution in [-0.2, 0) is 23.1 Å². The van der Waals surface area contributed by atoms with Crippen LogP contribution >= 0.6 is 0 Å². The van der Waals surface area contributed by atoms with E-state index in [2.05, 4.69) is 0 Å². The van der Waals surface area contributed by atoms with Crippen LogP contribution in [0.5, 0.6) is 0 Å². The fourth-order valence-corrected chi connectivity index (χ4v) is 3.33. The third kappa shape index (κ3) is 2.05. The second-order valence-corrected chi connectivity index (χ2v) is 8.10. The predicted molar refractivity (Wildman–Crippen MR) is 68.8 cm³/mol. The SMILES string of the molecule is CC(C)(C)S(=O)(=O)N1Cc2ccc(N)cc2C1. The number of benzene rings is 1. The molecular formula is C12H18N2O2S. The van der Waals surface area contributed by atoms with Crippen molar-refractivity contribution in [1.82, 2.24) is 4.31 Å². The maximum absolute atomic E-state index is 12.3. The Balaban J connectivity index is 2.33. The molecular weight excluding hydrogens is 236 g/mol. The maximum Gasteiger partial charge on any atom is 0.219 e. The highest BCUT2D eigenvalue weighted by Gasteiger charge is 2.38. The Morgan fingerprint density at radius 1 is 1.18 bits per heavy atom. The Hall–Kier alpha value is -1.07. The molecule has 1 aromatic rings. The lowest BCUT2D eigenvalue weighted by atomic mass is 10.1. The van der Waals surface area contributed by atoms with Crippen LogP contribution in [0.25, 0.3) is 0 Å². The van der Waals surface area contributed by atoms with Gasteiger partial charge >= 0.3 is 0 Å². The Kier molecular flexibility index (Phi) is 2.71. The first-order valence-electron chi connectivity index (χ1n) is 5.59. The highest BCUT2D eigenvalue weighted by Crippen LogP contribution is 2.31. The summed E-state index contributed by atoms with van der Waals surface area (Å²) in [5.74, 6) is 0. The topological polar surface area (TPSA) is 63.4 Å². The first kappa shape index (κ1) is 12.4. The molecule has 0 spiro atoms. The largest absolute Gasteiger partial charge is 0.399 e. The normalized spacial score (nSPS) is 17.1. The summed E-state index contributed by atoms with van der Waals surface area (Å²) in [6.07, 6.45) is 0. The van der Waals surface area contributed by atoms with Crippen LogP contribution in [0.3, 0.4) is 0 Å². The smallest absolute Gasteiger partial charge is 0.219 e. The molecule has 4 nitrogen and oxygen atoms in total. The maximum atomic E-state index is 12.3. The van der Waals surface area contributed by atoms with Gasteiger partial charge < -0.3 is 5.73 Å². The number of fused-ring (bicyclic) bond motifs is 1. The number of anilines is 1. The molecule has 1 aliphatic rings. The monoisotopic (exact) mass is 254 g/mol. The molecule has 2 rings (SSSR count). The van der Waals surface area contributed by atoms with Gasteiger partial charge in [-0.25, -0.2) is 8.42 Å². The van der Waals surface area contributed by atoms with Crippen molar-refractivity contribution in [1.29, 1.82) is 0 Å². The second-order valence-electron chi connectivity index (χ2n) is 5.41. The summed E-state index contributed by atoms with van der Waals surface area (Å²) < 4.78 is 25.4. The van der Waals surface area contributed by atoms with Crippen molar-refractivity contribution in [2.45, 2.75) is 38.6 Å². The highest BCUT2D eigenvalue weighted by atomic mass is 32.2. The van der Waals surface area contributed by atoms with Gasteiger partial charge in [0, 0.05) is 18.8 Å². The number of nitrogens with two attached hydrogens (primary N) is 1. The van der Waals surface area contributed by atoms with E-state index < -0.39 is 14.8 Å². The quantitative estimate of drug-likeness (QED) is 0.776. The van der Waals surface area contributed by atoms with Gasteiger partial charge in [-0.1, -0.05) is 6.07 Å². The Morgan fingerprint density at radius 2 is 1.76 bits per heavy atom. The molecule has 1 aliphatic heterocycles. The third-order valence-corrected chi connectivity index (χ3v) is 5.52. The van der Waals surface area contributed by atoms with Crippen LogP contribution in [0.2, 0.25) is 0 Å². The third-order valence-electron chi connectivity index (χ3n) is 3.04. The van der Waals surface area contributed by atoms with Gasteiger partial charge in [0.2, 0.25) is 10.0 Å². The summed E-state index contributed by atoms with van der Waals surface area (Å²) in [4.78, 5) is 0. The molecule has 0 saturated carbocycles. The van der Waals surface area contributed by atoms with Gasteiger partial charge in [-0.05, 0) is 44.0 Å². The van der Waals surface area contributed by atoms with Crippen LogP contribution in [0, 0.1) is 0 Å². The standard InChI is InChI=1S/C12H18N2O2S/c1-12(2,3)17(15,16)14-7-9-4-5-11(13)6-10(9)8-14/h4-6H,7-8,13H2,1-3H3. The first-order valence-corrected chi connectivity index (χ1v) is 7.03. The van der Waals surface area contributed by atoms with E-state index in [9.17, 15) is 8.42 Å². The average molecular weight is 254 g/mol. The minimum Gasteiger partial charge on any atom is -0.399 e. The van der Waals surface area contributed by atoms with Crippen LogP contribution in [0.1, 0.15) is 31.9 Å². The van der Waals surface area contributed by atoms with Gasteiger partial charge in [-0.2, -0.15) is 4.31 Å². The molecule has 0 aromatic heterocycles. The fraction of sp³-hybridized carbons (Fsp3) is 0.500. The molecule has 2 N–H and O–H groups in total. The molecule has 0 amide bonds. The van der Waals surface area contributed by atoms with Crippen LogP contribution in [-0.4, -0.2) is 17.5 Å². The molecule has 0 radical (unpaired) electrons. The second kappa shape index (κ2) is 3.71. The van der Waals surface area contributed by atoms with Crippen molar-refractivity contribution >= 4 is 15.7 Å². The van der Waals surface area contributed by atoms with E-state index in [1.54, 1.807) is 20.8 Å². The summed E-state index contributed by atoms with van der Waals surface area (Å²) >= 11 is 0. The Morgan fingerprint density at radius 3 is 2.35 bits per heavy atom. The van der Waals surface area contributed by atoms with E-state index in [1.165, 1.54) is 4.31 Å². The Labute approximate surface area is 102 Å². The summed E-state index contributed by atoms with van der Waals surface area (Å²) in [5, 5.41) is 0. The number of hydrogen-bond donors (Lipinski definition) is 1. The van der Waals surface area contributed by atoms with Crippen molar-refractivity contribution in [2.24, 2.45) is 0 Å². The number of nitrogens with zero attached hydrogens (tertiary/aromatic N) is 1. The van der Waals surface area contributed by atoms with Gasteiger partial charge in [-0.3, -0.25) is 0 Å². The summed E-state index contributed by atoms with van der Waals surface area (Å²) in [6.45, 7) is 6.05. The zero-order valence-corrected chi connectivity index (χ0v) is 11.2. The molecule has 17 heavy (non-hydrogen) atoms. The van der Waals surface area contributed by atoms with Crippen LogP contribution in [0.4, 0.5) is 5.69 Å². The van der Waals surface area contributed by atoms with Gasteiger partial charge in [0.05, 0.1) is 4.75 Å². The minimum atomic E-state index is -3.26. The molecule has 0 unspecified atom stereocenters. The number of nitrogen functional groups attached to an aromatic ring is 1. The average Bonchev–Trinajstić information content (AvgIpc) is 2.58. The van der Waals surface area contributed by atoms with E-state index in [-0.39, 0.29) is 0 Å². The van der Waals surface area contributed by atoms with Crippen LogP contribution in [0.15, 0.2) is 18.2 Å². The Bertz CT molecular complexity index is 544. The number of sulfonamides is 1. The van der Waals surface area contributed by atoms with Crippen molar-refractivity contribution in [3.05, 3.63) is 29.3 Å². The molecule has 1 aromatic carbocycles. The minimum absolute atomic E-state index is 0.431. The lowest BCUT2D eigenvalue weighted by molar-refractivity contribution is 0.411. The zero-order valence-electron chi connectivity index (χ0n) is 10.4. The van der Waals surface area contributed by atoms with E-state index >= 15 is 0 Å². The van der Waals surface area contributed by atoms with E-state index in [1.807, 2.05) is 18.2 Å². The van der Waals surface area contributed by atoms with Crippen molar-refractivity contribution in [2.75, 3.05) is 5.73 Å². The number of hydrogen-bond acceptors (Lipinski definition) is 3. The molecule has 94 valence electrons. The molecule has 0 atom stereocenters. The first-order chi connectivity index (χ1) is 7.72. The van der Waals surface area contributed by atoms with E-state index in [4.69, 9.17) is 5.73 Å². The number of rotatable bonds is 1. The molecule has 5 heteroatoms. The predicted octanol–water partition coefficient (Wildman–Crippen LogP) is 1.71. The van der Waals surface area contributed by atoms with Crippen molar-refractivity contribution < 1.29 is 8.42 Å². The molecule has 1 heterocycles. The molecule has 0 bridgehead atoms. The van der Waals surface area contributed by atoms with Gasteiger partial charge in [0.1, 0.15) is 0 Å². The van der Waals surface area contributed by atoms with Crippen molar-refractivity contribution in [3.63, 3.8) is 0 Å². The van der Waals surface area contributed by atoms with E-state index in [0.717, 1.165) is 11.1 Å². The summed E-state index contributed by atoms with van der Waals surface area (Å²) in [5.41, 5.74) is 8.44. The van der Waals surface area contributed by atoms with Gasteiger partial charge in [0.15, 0.2) is 0 Å². The van der Waals surface area contributed by atoms with Crippen LogP contribution < -0.4 is 5.73 Å². The van der Waals surface area contributed by atoms with Crippen molar-refractivity contribution in [3.8, 4) is 0 Å².